The van der Waals surface area contributed by atoms with Crippen molar-refractivity contribution in [1.29, 1.82) is 0 Å². The Kier molecular flexibility index (Phi) is 31.2. The maximum Gasteiger partial charge on any atom is 0.189 e. The molecule has 0 saturated heterocycles. The molecular weight excluding hydrogens is 1560 g/mol. The number of halogens is 2. The van der Waals surface area contributed by atoms with E-state index in [0.717, 1.165) is 71.6 Å². The first-order valence-electron chi connectivity index (χ1n) is 27.0. The summed E-state index contributed by atoms with van der Waals surface area (Å²) >= 11 is 0. The molecule has 0 bridgehead atoms. The number of rotatable bonds is 14. The quantitative estimate of drug-likeness (QED) is 0.0796. The average molecular weight is 1630 g/mol. The summed E-state index contributed by atoms with van der Waals surface area (Å²) in [7, 11) is 0. The molecule has 7 nitrogen and oxygen atoms in total. The van der Waals surface area contributed by atoms with E-state index < -0.39 is 11.6 Å². The third-order valence-electron chi connectivity index (χ3n) is 13.2. The molecule has 6 aromatic carbocycles. The van der Waals surface area contributed by atoms with Crippen LogP contribution in [0.15, 0.2) is 195 Å². The Morgan fingerprint density at radius 1 is 0.561 bits per heavy atom. The van der Waals surface area contributed by atoms with Crippen LogP contribution in [0.25, 0.3) is 61.4 Å². The van der Waals surface area contributed by atoms with E-state index in [-0.39, 0.29) is 96.0 Å². The first kappa shape index (κ1) is 69.7. The zero-order chi connectivity index (χ0) is 56.5. The Labute approximate surface area is 525 Å². The van der Waals surface area contributed by atoms with Crippen molar-refractivity contribution in [1.82, 2.24) is 24.7 Å². The number of benzene rings is 6. The van der Waals surface area contributed by atoms with Gasteiger partial charge in [-0.1, -0.05) is 145 Å². The van der Waals surface area contributed by atoms with Gasteiger partial charge in [0.1, 0.15) is 17.4 Å². The Balaban J connectivity index is 0.000000270. The summed E-state index contributed by atoms with van der Waals surface area (Å²) in [5, 5.41) is 6.35. The number of carbonyl (C=O) groups is 2. The Bertz CT molecular complexity index is 3280. The number of Topliss-reactive ketones (excluding diaryl/α,β-unsaturated/α-hetero) is 2. The van der Waals surface area contributed by atoms with Gasteiger partial charge in [0.15, 0.2) is 11.6 Å². The number of aromatic nitrogens is 5. The molecule has 0 saturated carbocycles. The largest absolute Gasteiger partial charge is 0.305 e. The van der Waals surface area contributed by atoms with Crippen molar-refractivity contribution < 1.29 is 78.7 Å². The van der Waals surface area contributed by atoms with E-state index in [0.29, 0.717) is 5.92 Å². The van der Waals surface area contributed by atoms with Gasteiger partial charge in [-0.05, 0) is 61.2 Å². The predicted molar refractivity (Wildman–Crippen MR) is 317 cm³/mol. The molecule has 431 valence electrons. The molecule has 3 radical (unpaired) electrons. The molecule has 0 N–H and O–H groups in total. The number of hydrogen-bond donors (Lipinski definition) is 0. The standard InChI is InChI=1S/C21H20.C17H12N.C13H24O2.C11H8N.C8H5F2N3.3Ir/c1-14(2)20-7-5-6-17-8-9-18(13-21(17)20)19-11-15(3)10-16(4)12-19;1-2-6-14(7-3-1)15-9-11-16(12-10-15)17-8-4-5-13-18-17;1-5-10(6-2)12(14)9-13(15)11(7-3)8-4;1-2-6-10(7-3-1)11-8-4-5-9-12-11;9-6-4-7(10)8(11-5-6)13-3-1-2-12-13;;;/h5-8,10-11,13-14H,1-4H3;1-11,13H;10-11H,5-9H2,1-4H3;1-6,8-9H;1-5H;;;/q-2;-1;;-1;;;;. The molecule has 0 aliphatic heterocycles. The molecule has 4 aromatic heterocycles. The van der Waals surface area contributed by atoms with Crippen molar-refractivity contribution in [2.75, 3.05) is 0 Å². The van der Waals surface area contributed by atoms with E-state index in [1.165, 1.54) is 55.7 Å². The third-order valence-corrected chi connectivity index (χ3v) is 13.2. The van der Waals surface area contributed by atoms with Crippen molar-refractivity contribution in [3.05, 3.63) is 247 Å². The number of pyridine rings is 3. The van der Waals surface area contributed by atoms with Crippen molar-refractivity contribution in [2.24, 2.45) is 11.8 Å². The molecule has 4 heterocycles. The fourth-order valence-electron chi connectivity index (χ4n) is 8.84. The first-order chi connectivity index (χ1) is 38.3. The van der Waals surface area contributed by atoms with Gasteiger partial charge >= 0.3 is 0 Å². The van der Waals surface area contributed by atoms with Gasteiger partial charge in [-0.3, -0.25) is 9.59 Å². The number of fused-ring (bicyclic) bond motifs is 1. The van der Waals surface area contributed by atoms with Crippen molar-refractivity contribution in [3.63, 3.8) is 0 Å². The summed E-state index contributed by atoms with van der Waals surface area (Å²) < 4.78 is 26.7. The Hall–Kier alpha value is -6.61. The average Bonchev–Trinajstić information content (AvgIpc) is 4.07. The van der Waals surface area contributed by atoms with Crippen LogP contribution in [0.4, 0.5) is 8.78 Å². The third kappa shape index (κ3) is 21.3. The minimum absolute atomic E-state index is 0. The summed E-state index contributed by atoms with van der Waals surface area (Å²) in [6.07, 6.45) is 11.1. The van der Waals surface area contributed by atoms with Gasteiger partial charge < -0.3 is 9.97 Å². The van der Waals surface area contributed by atoms with Crippen LogP contribution in [-0.2, 0) is 69.9 Å². The van der Waals surface area contributed by atoms with Crippen LogP contribution in [0.1, 0.15) is 96.3 Å². The summed E-state index contributed by atoms with van der Waals surface area (Å²) in [4.78, 5) is 35.6. The molecule has 10 aromatic rings. The number of aryl methyl sites for hydroxylation is 2. The SMILES string of the molecule is CCC(CC)C(=O)CC(=O)C(CC)CC.Cc1[c-]c(-c2[c-]cc3cccc(C(C)C)c3c2)cc(C)c1.Fc1cnc(-n2cccn2)c(F)c1.[Ir].[Ir].[Ir].[c-]1cc(-c2ccccc2)ccc1-c1ccccn1.[c-]1ccccc1-c1ccccn1. The molecule has 0 amide bonds. The zero-order valence-electron chi connectivity index (χ0n) is 47.6. The van der Waals surface area contributed by atoms with E-state index >= 15 is 0 Å². The van der Waals surface area contributed by atoms with Crippen molar-refractivity contribution in [3.8, 4) is 50.6 Å². The summed E-state index contributed by atoms with van der Waals surface area (Å²) in [5.41, 5.74) is 12.5. The summed E-state index contributed by atoms with van der Waals surface area (Å²) in [6.45, 7) is 16.7. The fourth-order valence-corrected chi connectivity index (χ4v) is 8.84. The van der Waals surface area contributed by atoms with Crippen molar-refractivity contribution in [2.45, 2.75) is 93.4 Å². The van der Waals surface area contributed by atoms with Crippen LogP contribution >= 0.6 is 0 Å². The van der Waals surface area contributed by atoms with Crippen LogP contribution in [0, 0.1) is 61.6 Å². The second kappa shape index (κ2) is 36.8. The molecular formula is C70H69F2Ir3N5O2-4. The van der Waals surface area contributed by atoms with E-state index in [9.17, 15) is 18.4 Å². The van der Waals surface area contributed by atoms with Gasteiger partial charge in [0.2, 0.25) is 0 Å². The van der Waals surface area contributed by atoms with Crippen LogP contribution in [-0.4, -0.2) is 36.3 Å². The van der Waals surface area contributed by atoms with Crippen LogP contribution in [0.5, 0.6) is 0 Å². The van der Waals surface area contributed by atoms with Gasteiger partial charge in [0, 0.05) is 103 Å². The number of carbonyl (C=O) groups excluding carboxylic acids is 2. The maximum atomic E-state index is 13.1. The van der Waals surface area contributed by atoms with Gasteiger partial charge in [0.05, 0.1) is 12.6 Å². The van der Waals surface area contributed by atoms with Crippen LogP contribution in [0.2, 0.25) is 0 Å². The van der Waals surface area contributed by atoms with E-state index in [4.69, 9.17) is 0 Å². The molecule has 0 aliphatic rings. The summed E-state index contributed by atoms with van der Waals surface area (Å²) in [5.74, 6) is -0.476. The minimum atomic E-state index is -0.733. The number of hydrogen-bond acceptors (Lipinski definition) is 6. The van der Waals surface area contributed by atoms with Gasteiger partial charge in [-0.2, -0.15) is 29.4 Å². The minimum Gasteiger partial charge on any atom is -0.305 e. The number of nitrogens with zero attached hydrogens (tertiary/aromatic N) is 5. The Morgan fingerprint density at radius 2 is 1.17 bits per heavy atom. The fraction of sp³-hybridized carbons (Fsp3) is 0.229. The van der Waals surface area contributed by atoms with Gasteiger partial charge in [-0.15, -0.1) is 99.8 Å². The van der Waals surface area contributed by atoms with Crippen LogP contribution < -0.4 is 0 Å². The van der Waals surface area contributed by atoms with E-state index in [1.807, 2.05) is 113 Å². The molecule has 0 unspecified atom stereocenters. The van der Waals surface area contributed by atoms with E-state index in [1.54, 1.807) is 18.5 Å². The smallest absolute Gasteiger partial charge is 0.189 e. The molecule has 10 rings (SSSR count). The predicted octanol–water partition coefficient (Wildman–Crippen LogP) is 17.5. The van der Waals surface area contributed by atoms with Crippen molar-refractivity contribution >= 4 is 22.3 Å². The maximum absolute atomic E-state index is 13.1. The normalized spacial score (nSPS) is 10.2. The van der Waals surface area contributed by atoms with E-state index in [2.05, 4.69) is 139 Å². The second-order valence-electron chi connectivity index (χ2n) is 19.2. The molecule has 0 spiro atoms. The van der Waals surface area contributed by atoms with Gasteiger partial charge in [0.25, 0.3) is 0 Å². The number of ketones is 2. The summed E-state index contributed by atoms with van der Waals surface area (Å²) in [6, 6.07) is 67.0. The topological polar surface area (TPSA) is 90.6 Å². The second-order valence-corrected chi connectivity index (χ2v) is 19.2. The monoisotopic (exact) mass is 1630 g/mol. The molecule has 0 aliphatic carbocycles. The molecule has 12 heteroatoms. The van der Waals surface area contributed by atoms with Gasteiger partial charge in [-0.25, -0.2) is 29.6 Å². The molecule has 0 fully saturated rings. The zero-order valence-corrected chi connectivity index (χ0v) is 54.7. The van der Waals surface area contributed by atoms with Crippen LogP contribution in [0.3, 0.4) is 0 Å². The Morgan fingerprint density at radius 3 is 1.68 bits per heavy atom. The molecule has 82 heavy (non-hydrogen) atoms. The first-order valence-corrected chi connectivity index (χ1v) is 27.0. The molecule has 0 atom stereocenters.